The predicted octanol–water partition coefficient (Wildman–Crippen LogP) is 4.49. The number of carbonyl (C=O) groups is 1. The number of amides is 1. The van der Waals surface area contributed by atoms with Crippen LogP contribution in [0.5, 0.6) is 5.75 Å². The van der Waals surface area contributed by atoms with Crippen LogP contribution in [-0.4, -0.2) is 64.9 Å². The van der Waals surface area contributed by atoms with Gasteiger partial charge in [0.2, 0.25) is 5.91 Å². The minimum absolute atomic E-state index is 0.0573. The number of ether oxygens (including phenoxy) is 1. The molecule has 0 saturated carbocycles. The van der Waals surface area contributed by atoms with Gasteiger partial charge in [-0.3, -0.25) is 14.5 Å². The molecule has 0 aliphatic carbocycles. The zero-order valence-electron chi connectivity index (χ0n) is 20.7. The van der Waals surface area contributed by atoms with Crippen molar-refractivity contribution in [1.29, 1.82) is 0 Å². The van der Waals surface area contributed by atoms with Crippen molar-refractivity contribution in [3.63, 3.8) is 0 Å². The zero-order valence-corrected chi connectivity index (χ0v) is 21.5. The Morgan fingerprint density at radius 1 is 1.11 bits per heavy atom. The van der Waals surface area contributed by atoms with Gasteiger partial charge in [-0.25, -0.2) is 0 Å². The van der Waals surface area contributed by atoms with Crippen LogP contribution < -0.4 is 15.0 Å². The van der Waals surface area contributed by atoms with E-state index in [4.69, 9.17) is 17.0 Å². The predicted molar refractivity (Wildman–Crippen MR) is 143 cm³/mol. The maximum Gasteiger partial charge on any atom is 0.226 e. The first-order chi connectivity index (χ1) is 17.0. The fourth-order valence-corrected chi connectivity index (χ4v) is 4.57. The average molecular weight is 495 g/mol. The highest BCUT2D eigenvalue weighted by molar-refractivity contribution is 7.71. The molecule has 2 heterocycles. The van der Waals surface area contributed by atoms with Crippen LogP contribution in [0.3, 0.4) is 0 Å². The van der Waals surface area contributed by atoms with E-state index < -0.39 is 0 Å². The smallest absolute Gasteiger partial charge is 0.226 e. The third-order valence-electron chi connectivity index (χ3n) is 6.41. The molecule has 1 aromatic heterocycles. The van der Waals surface area contributed by atoms with Crippen LogP contribution in [0.25, 0.3) is 11.4 Å². The lowest BCUT2D eigenvalue weighted by molar-refractivity contribution is -0.116. The van der Waals surface area contributed by atoms with Crippen LogP contribution in [0.15, 0.2) is 42.5 Å². The Morgan fingerprint density at radius 3 is 2.51 bits per heavy atom. The van der Waals surface area contributed by atoms with E-state index in [9.17, 15) is 4.79 Å². The lowest BCUT2D eigenvalue weighted by Crippen LogP contribution is -2.46. The van der Waals surface area contributed by atoms with Crippen molar-refractivity contribution >= 4 is 29.5 Å². The van der Waals surface area contributed by atoms with Gasteiger partial charge in [0.05, 0.1) is 6.61 Å². The SMILES string of the molecule is CCOc1ccc(-c2n[nH]c(=S)n2CCC(=O)Nc2ccc(N3CCN(CC)CC3)cc2C)cc1. The Balaban J connectivity index is 1.37. The van der Waals surface area contributed by atoms with Gasteiger partial charge in [-0.1, -0.05) is 6.92 Å². The Labute approximate surface area is 211 Å². The largest absolute Gasteiger partial charge is 0.494 e. The molecule has 1 saturated heterocycles. The molecule has 1 amide bonds. The van der Waals surface area contributed by atoms with E-state index in [1.165, 1.54) is 5.69 Å². The van der Waals surface area contributed by atoms with Crippen molar-refractivity contribution in [2.24, 2.45) is 0 Å². The Bertz CT molecular complexity index is 1200. The first kappa shape index (κ1) is 24.9. The second-order valence-corrected chi connectivity index (χ2v) is 9.07. The van der Waals surface area contributed by atoms with Gasteiger partial charge in [-0.2, -0.15) is 5.10 Å². The van der Waals surface area contributed by atoms with E-state index >= 15 is 0 Å². The fourth-order valence-electron chi connectivity index (χ4n) is 4.35. The summed E-state index contributed by atoms with van der Waals surface area (Å²) in [6, 6.07) is 14.0. The summed E-state index contributed by atoms with van der Waals surface area (Å²) in [6.45, 7) is 12.6. The molecule has 1 aliphatic heterocycles. The third-order valence-corrected chi connectivity index (χ3v) is 6.72. The number of hydrogen-bond acceptors (Lipinski definition) is 6. The van der Waals surface area contributed by atoms with Crippen LogP contribution >= 0.6 is 12.2 Å². The van der Waals surface area contributed by atoms with Gasteiger partial charge < -0.3 is 19.9 Å². The first-order valence-corrected chi connectivity index (χ1v) is 12.7. The second-order valence-electron chi connectivity index (χ2n) is 8.68. The number of aromatic amines is 1. The minimum Gasteiger partial charge on any atom is -0.494 e. The van der Waals surface area contributed by atoms with Crippen LogP contribution in [0.1, 0.15) is 25.8 Å². The normalized spacial score (nSPS) is 14.2. The molecule has 0 bridgehead atoms. The summed E-state index contributed by atoms with van der Waals surface area (Å²) >= 11 is 5.41. The average Bonchev–Trinajstić information content (AvgIpc) is 3.25. The summed E-state index contributed by atoms with van der Waals surface area (Å²) in [5.41, 5.74) is 4.02. The van der Waals surface area contributed by atoms with Gasteiger partial charge in [0.1, 0.15) is 5.75 Å². The summed E-state index contributed by atoms with van der Waals surface area (Å²) in [5.74, 6) is 1.45. The van der Waals surface area contributed by atoms with Crippen LogP contribution in [-0.2, 0) is 11.3 Å². The van der Waals surface area contributed by atoms with E-state index in [2.05, 4.69) is 44.4 Å². The number of piperazine rings is 1. The molecular weight excluding hydrogens is 460 g/mol. The van der Waals surface area contributed by atoms with Gasteiger partial charge in [0.15, 0.2) is 10.6 Å². The number of nitrogens with zero attached hydrogens (tertiary/aromatic N) is 4. The summed E-state index contributed by atoms with van der Waals surface area (Å²) in [7, 11) is 0. The van der Waals surface area contributed by atoms with E-state index in [0.29, 0.717) is 23.7 Å². The number of aryl methyl sites for hydroxylation is 1. The highest BCUT2D eigenvalue weighted by Crippen LogP contribution is 2.25. The molecule has 35 heavy (non-hydrogen) atoms. The molecule has 0 atom stereocenters. The molecule has 2 aromatic carbocycles. The minimum atomic E-state index is -0.0573. The Morgan fingerprint density at radius 2 is 1.86 bits per heavy atom. The molecule has 4 rings (SSSR count). The fraction of sp³-hybridized carbons (Fsp3) is 0.423. The monoisotopic (exact) mass is 494 g/mol. The van der Waals surface area contributed by atoms with Crippen LogP contribution in [0, 0.1) is 11.7 Å². The number of rotatable bonds is 9. The van der Waals surface area contributed by atoms with E-state index in [1.54, 1.807) is 0 Å². The van der Waals surface area contributed by atoms with Crippen molar-refractivity contribution in [1.82, 2.24) is 19.7 Å². The molecule has 2 N–H and O–H groups in total. The molecular formula is C26H34N6O2S. The summed E-state index contributed by atoms with van der Waals surface area (Å²) < 4.78 is 7.86. The van der Waals surface area contributed by atoms with Gasteiger partial charge in [0, 0.05) is 56.1 Å². The molecule has 0 spiro atoms. The molecule has 1 aliphatic rings. The molecule has 3 aromatic rings. The van der Waals surface area contributed by atoms with Crippen molar-refractivity contribution in [2.45, 2.75) is 33.7 Å². The standard InChI is InChI=1S/C26H34N6O2S/c1-4-30-14-16-31(17-15-30)21-8-11-23(19(3)18-21)27-24(33)12-13-32-25(28-29-26(32)35)20-6-9-22(10-7-20)34-5-2/h6-11,18H,4-5,12-17H2,1-3H3,(H,27,33)(H,29,35). The Kier molecular flexibility index (Phi) is 8.20. The van der Waals surface area contributed by atoms with Crippen LogP contribution in [0.2, 0.25) is 0 Å². The number of nitrogens with one attached hydrogen (secondary N) is 2. The molecule has 0 radical (unpaired) electrons. The van der Waals surface area contributed by atoms with Gasteiger partial charge >= 0.3 is 0 Å². The van der Waals surface area contributed by atoms with Crippen molar-refractivity contribution in [3.05, 3.63) is 52.8 Å². The van der Waals surface area contributed by atoms with E-state index in [1.807, 2.05) is 48.7 Å². The van der Waals surface area contributed by atoms with Gasteiger partial charge in [0.25, 0.3) is 0 Å². The van der Waals surface area contributed by atoms with Gasteiger partial charge in [-0.05, 0) is 80.6 Å². The highest BCUT2D eigenvalue weighted by Gasteiger charge is 2.17. The quantitative estimate of drug-likeness (QED) is 0.427. The van der Waals surface area contributed by atoms with Crippen molar-refractivity contribution in [2.75, 3.05) is 49.5 Å². The number of carbonyl (C=O) groups excluding carboxylic acids is 1. The lowest BCUT2D eigenvalue weighted by Gasteiger charge is -2.35. The number of H-pyrrole nitrogens is 1. The second kappa shape index (κ2) is 11.5. The molecule has 1 fully saturated rings. The molecule has 8 nitrogen and oxygen atoms in total. The number of aromatic nitrogens is 3. The van der Waals surface area contributed by atoms with Crippen LogP contribution in [0.4, 0.5) is 11.4 Å². The van der Waals surface area contributed by atoms with Crippen molar-refractivity contribution < 1.29 is 9.53 Å². The van der Waals surface area contributed by atoms with Gasteiger partial charge in [-0.15, -0.1) is 0 Å². The topological polar surface area (TPSA) is 78.4 Å². The summed E-state index contributed by atoms with van der Waals surface area (Å²) in [5, 5.41) is 10.3. The highest BCUT2D eigenvalue weighted by atomic mass is 32.1. The van der Waals surface area contributed by atoms with Crippen molar-refractivity contribution in [3.8, 4) is 17.1 Å². The maximum atomic E-state index is 12.8. The lowest BCUT2D eigenvalue weighted by atomic mass is 10.1. The Hall–Kier alpha value is -3.17. The molecule has 9 heteroatoms. The number of likely N-dealkylation sites (N-methyl/N-ethyl adjacent to an activating group) is 1. The summed E-state index contributed by atoms with van der Waals surface area (Å²) in [6.07, 6.45) is 0.290. The third kappa shape index (κ3) is 6.10. The first-order valence-electron chi connectivity index (χ1n) is 12.2. The number of anilines is 2. The number of hydrogen-bond donors (Lipinski definition) is 2. The zero-order chi connectivity index (χ0) is 24.8. The van der Waals surface area contributed by atoms with E-state index in [0.717, 1.165) is 55.3 Å². The number of benzene rings is 2. The molecule has 0 unspecified atom stereocenters. The molecule has 186 valence electrons. The summed E-state index contributed by atoms with van der Waals surface area (Å²) in [4.78, 5) is 17.6. The maximum absolute atomic E-state index is 12.8. The van der Waals surface area contributed by atoms with E-state index in [-0.39, 0.29) is 12.3 Å².